The van der Waals surface area contributed by atoms with Gasteiger partial charge >= 0.3 is 0 Å². The highest BCUT2D eigenvalue weighted by Crippen LogP contribution is 2.24. The van der Waals surface area contributed by atoms with Gasteiger partial charge in [-0.15, -0.1) is 0 Å². The van der Waals surface area contributed by atoms with Gasteiger partial charge in [0.25, 0.3) is 5.69 Å². The summed E-state index contributed by atoms with van der Waals surface area (Å²) < 4.78 is 0. The van der Waals surface area contributed by atoms with E-state index in [1.54, 1.807) is 25.1 Å². The van der Waals surface area contributed by atoms with Crippen LogP contribution in [-0.4, -0.2) is 16.9 Å². The lowest BCUT2D eigenvalue weighted by Crippen LogP contribution is -2.24. The molecule has 1 amide bonds. The Hall–Kier alpha value is -2.21. The van der Waals surface area contributed by atoms with E-state index in [9.17, 15) is 14.9 Å². The molecule has 19 heavy (non-hydrogen) atoms. The number of nitrogens with two attached hydrogens (primary N) is 1. The molecule has 1 aliphatic carbocycles. The van der Waals surface area contributed by atoms with Gasteiger partial charge < -0.3 is 11.1 Å². The van der Waals surface area contributed by atoms with Crippen molar-refractivity contribution >= 4 is 17.3 Å². The van der Waals surface area contributed by atoms with Crippen LogP contribution in [0, 0.1) is 23.0 Å². The molecule has 0 spiro atoms. The number of amides is 1. The van der Waals surface area contributed by atoms with Crippen molar-refractivity contribution < 1.29 is 9.72 Å². The highest BCUT2D eigenvalue weighted by atomic mass is 16.6. The van der Waals surface area contributed by atoms with Crippen LogP contribution in [-0.2, 0) is 4.79 Å². The molecule has 2 rings (SSSR count). The number of nitrogens with zero attached hydrogens (tertiary/aromatic N) is 1. The first-order chi connectivity index (χ1) is 8.97. The van der Waals surface area contributed by atoms with E-state index in [0.29, 0.717) is 12.1 Å². The molecule has 0 fully saturated rings. The summed E-state index contributed by atoms with van der Waals surface area (Å²) in [5.41, 5.74) is 6.90. The lowest BCUT2D eigenvalue weighted by molar-refractivity contribution is -0.384. The number of nitrogens with one attached hydrogen (secondary N) is 1. The standard InChI is InChI=1S/C13H15N3O3/c1-8-2-5-11(16(18)19)7-12(8)15-13(17)9-3-4-10(14)6-9/h2-5,7,9-10H,6,14H2,1H3,(H,15,17). The highest BCUT2D eigenvalue weighted by molar-refractivity contribution is 5.95. The van der Waals surface area contributed by atoms with Crippen molar-refractivity contribution in [2.45, 2.75) is 19.4 Å². The molecule has 0 heterocycles. The number of rotatable bonds is 3. The summed E-state index contributed by atoms with van der Waals surface area (Å²) in [4.78, 5) is 22.2. The third-order valence-electron chi connectivity index (χ3n) is 3.14. The monoisotopic (exact) mass is 261 g/mol. The number of benzene rings is 1. The average Bonchev–Trinajstić information content (AvgIpc) is 2.78. The van der Waals surface area contributed by atoms with Crippen molar-refractivity contribution in [2.24, 2.45) is 11.7 Å². The lowest BCUT2D eigenvalue weighted by Gasteiger charge is -2.12. The van der Waals surface area contributed by atoms with Gasteiger partial charge in [0, 0.05) is 18.2 Å². The SMILES string of the molecule is Cc1ccc([N+](=O)[O-])cc1NC(=O)C1C=CC(N)C1. The molecule has 0 radical (unpaired) electrons. The minimum absolute atomic E-state index is 0.0421. The molecule has 1 aromatic rings. The molecule has 6 heteroatoms. The summed E-state index contributed by atoms with van der Waals surface area (Å²) in [6.45, 7) is 1.79. The zero-order chi connectivity index (χ0) is 14.0. The summed E-state index contributed by atoms with van der Waals surface area (Å²) in [7, 11) is 0. The molecular weight excluding hydrogens is 246 g/mol. The summed E-state index contributed by atoms with van der Waals surface area (Å²) in [5.74, 6) is -0.457. The fraction of sp³-hybridized carbons (Fsp3) is 0.308. The van der Waals surface area contributed by atoms with Gasteiger partial charge in [0.2, 0.25) is 5.91 Å². The predicted molar refractivity (Wildman–Crippen MR) is 71.7 cm³/mol. The largest absolute Gasteiger partial charge is 0.325 e. The third-order valence-corrected chi connectivity index (χ3v) is 3.14. The minimum Gasteiger partial charge on any atom is -0.325 e. The number of carbonyl (C=O) groups excluding carboxylic acids is 1. The molecule has 3 N–H and O–H groups in total. The van der Waals surface area contributed by atoms with Crippen molar-refractivity contribution in [3.8, 4) is 0 Å². The predicted octanol–water partition coefficient (Wildman–Crippen LogP) is 1.75. The number of aryl methyl sites for hydroxylation is 1. The van der Waals surface area contributed by atoms with E-state index in [4.69, 9.17) is 5.73 Å². The molecule has 0 aliphatic heterocycles. The van der Waals surface area contributed by atoms with Crippen LogP contribution in [0.3, 0.4) is 0 Å². The van der Waals surface area contributed by atoms with Crippen LogP contribution in [0.25, 0.3) is 0 Å². The Morgan fingerprint density at radius 2 is 2.21 bits per heavy atom. The third kappa shape index (κ3) is 2.97. The number of non-ortho nitro benzene ring substituents is 1. The first-order valence-electron chi connectivity index (χ1n) is 5.97. The topological polar surface area (TPSA) is 98.3 Å². The summed E-state index contributed by atoms with van der Waals surface area (Å²) in [6, 6.07) is 4.30. The maximum atomic E-state index is 12.0. The number of hydrogen-bond acceptors (Lipinski definition) is 4. The molecule has 0 aromatic heterocycles. The molecule has 6 nitrogen and oxygen atoms in total. The Morgan fingerprint density at radius 3 is 2.79 bits per heavy atom. The maximum Gasteiger partial charge on any atom is 0.271 e. The van der Waals surface area contributed by atoms with Gasteiger partial charge in [-0.3, -0.25) is 14.9 Å². The van der Waals surface area contributed by atoms with E-state index >= 15 is 0 Å². The van der Waals surface area contributed by atoms with Gasteiger partial charge in [0.15, 0.2) is 0 Å². The van der Waals surface area contributed by atoms with E-state index in [0.717, 1.165) is 5.56 Å². The Kier molecular flexibility index (Phi) is 3.62. The van der Waals surface area contributed by atoms with E-state index < -0.39 is 4.92 Å². The van der Waals surface area contributed by atoms with Gasteiger partial charge in [-0.25, -0.2) is 0 Å². The Balaban J connectivity index is 2.14. The maximum absolute atomic E-state index is 12.0. The zero-order valence-corrected chi connectivity index (χ0v) is 10.5. The molecule has 100 valence electrons. The summed E-state index contributed by atoms with van der Waals surface area (Å²) in [5, 5.41) is 13.4. The smallest absolute Gasteiger partial charge is 0.271 e. The highest BCUT2D eigenvalue weighted by Gasteiger charge is 2.23. The molecular formula is C13H15N3O3. The number of nitro groups is 1. The molecule has 2 atom stereocenters. The van der Waals surface area contributed by atoms with Crippen LogP contribution in [0.15, 0.2) is 30.4 Å². The van der Waals surface area contributed by atoms with Gasteiger partial charge in [-0.1, -0.05) is 18.2 Å². The van der Waals surface area contributed by atoms with Gasteiger partial charge in [-0.2, -0.15) is 0 Å². The van der Waals surface area contributed by atoms with Crippen molar-refractivity contribution in [1.82, 2.24) is 0 Å². The first-order valence-corrected chi connectivity index (χ1v) is 5.97. The van der Waals surface area contributed by atoms with Crippen molar-refractivity contribution in [3.63, 3.8) is 0 Å². The second kappa shape index (κ2) is 5.19. The Bertz CT molecular complexity index is 554. The lowest BCUT2D eigenvalue weighted by atomic mass is 10.1. The van der Waals surface area contributed by atoms with Crippen LogP contribution >= 0.6 is 0 Å². The zero-order valence-electron chi connectivity index (χ0n) is 10.5. The van der Waals surface area contributed by atoms with E-state index in [-0.39, 0.29) is 23.6 Å². The number of nitro benzene ring substituents is 1. The van der Waals surface area contributed by atoms with Gasteiger partial charge in [-0.05, 0) is 18.9 Å². The number of carbonyl (C=O) groups is 1. The Labute approximate surface area is 110 Å². The second-order valence-corrected chi connectivity index (χ2v) is 4.64. The fourth-order valence-corrected chi connectivity index (χ4v) is 2.01. The quantitative estimate of drug-likeness (QED) is 0.492. The van der Waals surface area contributed by atoms with Crippen molar-refractivity contribution in [3.05, 3.63) is 46.0 Å². The minimum atomic E-state index is -0.486. The Morgan fingerprint density at radius 1 is 1.47 bits per heavy atom. The van der Waals surface area contributed by atoms with Gasteiger partial charge in [0.1, 0.15) is 0 Å². The normalized spacial score (nSPS) is 21.4. The molecule has 0 saturated carbocycles. The average molecular weight is 261 g/mol. The van der Waals surface area contributed by atoms with Crippen LogP contribution in [0.5, 0.6) is 0 Å². The molecule has 0 saturated heterocycles. The number of anilines is 1. The summed E-state index contributed by atoms with van der Waals surface area (Å²) >= 11 is 0. The van der Waals surface area contributed by atoms with Crippen molar-refractivity contribution in [2.75, 3.05) is 5.32 Å². The van der Waals surface area contributed by atoms with E-state index in [2.05, 4.69) is 5.32 Å². The molecule has 1 aromatic carbocycles. The van der Waals surface area contributed by atoms with Gasteiger partial charge in [0.05, 0.1) is 16.5 Å². The van der Waals surface area contributed by atoms with E-state index in [1.807, 2.05) is 0 Å². The van der Waals surface area contributed by atoms with Crippen LogP contribution in [0.4, 0.5) is 11.4 Å². The second-order valence-electron chi connectivity index (χ2n) is 4.64. The van der Waals surface area contributed by atoms with E-state index in [1.165, 1.54) is 12.1 Å². The van der Waals surface area contributed by atoms with Crippen LogP contribution < -0.4 is 11.1 Å². The molecule has 2 unspecified atom stereocenters. The fourth-order valence-electron chi connectivity index (χ4n) is 2.01. The molecule has 0 bridgehead atoms. The van der Waals surface area contributed by atoms with Crippen LogP contribution in [0.1, 0.15) is 12.0 Å². The number of hydrogen-bond donors (Lipinski definition) is 2. The first kappa shape index (κ1) is 13.2. The van der Waals surface area contributed by atoms with Crippen LogP contribution in [0.2, 0.25) is 0 Å². The van der Waals surface area contributed by atoms with Crippen molar-refractivity contribution in [1.29, 1.82) is 0 Å². The molecule has 1 aliphatic rings. The summed E-state index contributed by atoms with van der Waals surface area (Å²) in [6.07, 6.45) is 4.14.